The molecule has 1 heterocycles. The average Bonchev–Trinajstić information content (AvgIpc) is 2.82. The van der Waals surface area contributed by atoms with E-state index in [0.29, 0.717) is 6.47 Å². The Bertz CT molecular complexity index is 533. The molecule has 2 rings (SSSR count). The normalized spacial score (nSPS) is 9.56. The number of anilines is 1. The van der Waals surface area contributed by atoms with E-state index in [0.717, 1.165) is 10.2 Å². The van der Waals surface area contributed by atoms with E-state index in [1.54, 1.807) is 9.12 Å². The minimum atomic E-state index is 0.375. The van der Waals surface area contributed by atoms with Crippen LogP contribution in [0.4, 0.5) is 5.69 Å². The topological polar surface area (TPSA) is 43.3 Å². The van der Waals surface area contributed by atoms with Gasteiger partial charge in [0, 0.05) is 59.1 Å². The van der Waals surface area contributed by atoms with Crippen LogP contribution in [0, 0.1) is 0 Å². The van der Waals surface area contributed by atoms with Crippen molar-refractivity contribution in [2.75, 3.05) is 19.5 Å². The van der Waals surface area contributed by atoms with Crippen LogP contribution in [0.1, 0.15) is 0 Å². The molecule has 2 aromatic rings. The van der Waals surface area contributed by atoms with Crippen LogP contribution in [0.2, 0.25) is 0 Å². The molecule has 0 radical (unpaired) electrons. The first kappa shape index (κ1) is 15.6. The number of hydrogen-bond donors (Lipinski definition) is 1. The molecule has 7 heteroatoms. The van der Waals surface area contributed by atoms with Gasteiger partial charge in [0.1, 0.15) is 0 Å². The molecule has 0 spiro atoms. The van der Waals surface area contributed by atoms with Crippen LogP contribution >= 0.6 is 46.3 Å². The van der Waals surface area contributed by atoms with Crippen molar-refractivity contribution in [2.45, 2.75) is 0 Å². The Morgan fingerprint density at radius 3 is 2.72 bits per heavy atom. The summed E-state index contributed by atoms with van der Waals surface area (Å²) in [7, 11) is 4.91. The van der Waals surface area contributed by atoms with Gasteiger partial charge in [0.25, 0.3) is 6.47 Å². The molecule has 0 bridgehead atoms. The quantitative estimate of drug-likeness (QED) is 0.574. The van der Waals surface area contributed by atoms with E-state index in [2.05, 4.69) is 75.6 Å². The first-order valence-corrected chi connectivity index (χ1v) is 9.02. The molecule has 0 fully saturated rings. The number of carbonyl (C=O) groups is 1. The number of aromatic nitrogens is 1. The predicted molar refractivity (Wildman–Crippen MR) is 89.3 cm³/mol. The minimum absolute atomic E-state index is 0.375. The van der Waals surface area contributed by atoms with E-state index in [1.165, 1.54) is 18.0 Å². The van der Waals surface area contributed by atoms with Gasteiger partial charge in [-0.3, -0.25) is 8.77 Å². The second-order valence-electron chi connectivity index (χ2n) is 3.18. The summed E-state index contributed by atoms with van der Waals surface area (Å²) in [6.45, 7) is 0.375. The molecular formula is C11H12BrIN2O2S. The van der Waals surface area contributed by atoms with Crippen molar-refractivity contribution in [3.05, 3.63) is 28.9 Å². The second-order valence-corrected chi connectivity index (χ2v) is 5.75. The first-order valence-electron chi connectivity index (χ1n) is 4.91. The van der Waals surface area contributed by atoms with Gasteiger partial charge >= 0.3 is 0 Å². The molecule has 1 aromatic carbocycles. The van der Waals surface area contributed by atoms with Crippen molar-refractivity contribution in [1.82, 2.24) is 3.97 Å². The zero-order valence-electron chi connectivity index (χ0n) is 9.81. The maximum atomic E-state index is 8.95. The Kier molecular flexibility index (Phi) is 6.87. The number of carbonyl (C=O) groups excluding carboxylic acids is 1. The van der Waals surface area contributed by atoms with Gasteiger partial charge in [-0.2, -0.15) is 0 Å². The van der Waals surface area contributed by atoms with Gasteiger partial charge in [-0.1, -0.05) is 15.9 Å². The van der Waals surface area contributed by atoms with Gasteiger partial charge in [0.05, 0.1) is 12.6 Å². The van der Waals surface area contributed by atoms with E-state index in [1.807, 2.05) is 7.05 Å². The fraction of sp³-hybridized carbons (Fsp3) is 0.182. The van der Waals surface area contributed by atoms with Gasteiger partial charge in [0.15, 0.2) is 0 Å². The summed E-state index contributed by atoms with van der Waals surface area (Å²) < 4.78 is 7.13. The van der Waals surface area contributed by atoms with Crippen molar-refractivity contribution in [1.29, 1.82) is 0 Å². The zero-order valence-corrected chi connectivity index (χ0v) is 14.4. The third kappa shape index (κ3) is 3.79. The number of nitrogens with zero attached hydrogens (tertiary/aromatic N) is 1. The molecule has 18 heavy (non-hydrogen) atoms. The Labute approximate surface area is 130 Å². The van der Waals surface area contributed by atoms with Crippen LogP contribution in [0.15, 0.2) is 28.9 Å². The Morgan fingerprint density at radius 2 is 2.22 bits per heavy atom. The summed E-state index contributed by atoms with van der Waals surface area (Å²) in [4.78, 5) is 8.95. The number of rotatable bonds is 3. The van der Waals surface area contributed by atoms with Crippen LogP contribution in [0.3, 0.4) is 0 Å². The van der Waals surface area contributed by atoms with Crippen molar-refractivity contribution < 1.29 is 9.53 Å². The third-order valence-electron chi connectivity index (χ3n) is 2.18. The van der Waals surface area contributed by atoms with Crippen molar-refractivity contribution in [3.63, 3.8) is 0 Å². The van der Waals surface area contributed by atoms with Crippen molar-refractivity contribution in [3.8, 4) is 0 Å². The summed E-state index contributed by atoms with van der Waals surface area (Å²) in [6.07, 6.45) is 2.08. The zero-order chi connectivity index (χ0) is 13.5. The molecule has 1 N–H and O–H groups in total. The molecule has 0 saturated carbocycles. The highest BCUT2D eigenvalue weighted by molar-refractivity contribution is 14.2. The van der Waals surface area contributed by atoms with Gasteiger partial charge in [-0.15, -0.1) is 0 Å². The molecule has 0 atom stereocenters. The molecule has 98 valence electrons. The summed E-state index contributed by atoms with van der Waals surface area (Å²) in [6, 6.07) is 6.35. The van der Waals surface area contributed by atoms with Gasteiger partial charge in [-0.05, 0) is 18.2 Å². The molecule has 0 aliphatic heterocycles. The smallest absolute Gasteiger partial charge is 0.292 e. The lowest BCUT2D eigenvalue weighted by Crippen LogP contribution is -1.88. The summed E-state index contributed by atoms with van der Waals surface area (Å²) in [5.41, 5.74) is 2.35. The third-order valence-corrected chi connectivity index (χ3v) is 4.58. The van der Waals surface area contributed by atoms with Crippen molar-refractivity contribution in [2.24, 2.45) is 0 Å². The number of fused-ring (bicyclic) bond motifs is 1. The molecule has 0 aliphatic carbocycles. The Balaban J connectivity index is 0.000000357. The van der Waals surface area contributed by atoms with Crippen molar-refractivity contribution >= 4 is 69.3 Å². The Hall–Kier alpha value is -0.410. The second kappa shape index (κ2) is 7.90. The molecular weight excluding hydrogens is 431 g/mol. The lowest BCUT2D eigenvalue weighted by Gasteiger charge is -2.04. The van der Waals surface area contributed by atoms with Gasteiger partial charge in [0.2, 0.25) is 0 Å². The molecule has 0 aliphatic rings. The summed E-state index contributed by atoms with van der Waals surface area (Å²) in [5.74, 6) is 0. The van der Waals surface area contributed by atoms with Gasteiger partial charge in [-0.25, -0.2) is 0 Å². The summed E-state index contributed by atoms with van der Waals surface area (Å²) >= 11 is 5.84. The lowest BCUT2D eigenvalue weighted by atomic mass is 10.2. The van der Waals surface area contributed by atoms with Crippen LogP contribution in [-0.2, 0) is 9.53 Å². The standard InChI is InChI=1S/C9H8BrIN2S.C2H4O2/c1-12-6-4-8(10)7-2-3-13(14-11)9(7)5-6;1-4-2-3/h2-5,12H,1H3;2H,1H3. The minimum Gasteiger partial charge on any atom is -0.471 e. The number of hydrogen-bond acceptors (Lipinski definition) is 4. The molecule has 0 saturated heterocycles. The monoisotopic (exact) mass is 442 g/mol. The highest BCUT2D eigenvalue weighted by Gasteiger charge is 2.05. The molecule has 1 aromatic heterocycles. The number of benzene rings is 1. The highest BCUT2D eigenvalue weighted by Crippen LogP contribution is 2.32. The molecule has 0 unspecified atom stereocenters. The number of nitrogens with one attached hydrogen (secondary N) is 1. The van der Waals surface area contributed by atoms with E-state index in [9.17, 15) is 0 Å². The van der Waals surface area contributed by atoms with Crippen LogP contribution < -0.4 is 5.32 Å². The maximum Gasteiger partial charge on any atom is 0.292 e. The number of methoxy groups -OCH3 is 1. The molecule has 4 nitrogen and oxygen atoms in total. The van der Waals surface area contributed by atoms with Gasteiger partial charge < -0.3 is 10.1 Å². The predicted octanol–water partition coefficient (Wildman–Crippen LogP) is 4.08. The fourth-order valence-corrected chi connectivity index (χ4v) is 3.32. The fourth-order valence-electron chi connectivity index (χ4n) is 1.38. The highest BCUT2D eigenvalue weighted by atomic mass is 127. The first-order chi connectivity index (χ1) is 8.67. The number of ether oxygens (including phenoxy) is 1. The lowest BCUT2D eigenvalue weighted by molar-refractivity contribution is -0.126. The van der Waals surface area contributed by atoms with Crippen LogP contribution in [0.25, 0.3) is 10.9 Å². The van der Waals surface area contributed by atoms with Crippen LogP contribution in [-0.4, -0.2) is 24.6 Å². The van der Waals surface area contributed by atoms with Crippen LogP contribution in [0.5, 0.6) is 0 Å². The Morgan fingerprint density at radius 1 is 1.56 bits per heavy atom. The van der Waals surface area contributed by atoms with E-state index in [4.69, 9.17) is 4.79 Å². The maximum absolute atomic E-state index is 8.95. The average molecular weight is 443 g/mol. The largest absolute Gasteiger partial charge is 0.471 e. The summed E-state index contributed by atoms with van der Waals surface area (Å²) in [5, 5.41) is 4.39. The van der Waals surface area contributed by atoms with E-state index in [-0.39, 0.29) is 0 Å². The number of halogens is 2. The SMILES string of the molecule is CNc1cc(Br)c2ccn(SI)c2c1.COC=O. The molecule has 0 amide bonds. The van der Waals surface area contributed by atoms with E-state index >= 15 is 0 Å². The van der Waals surface area contributed by atoms with E-state index < -0.39 is 0 Å².